The number of phenols is 1. The van der Waals surface area contributed by atoms with E-state index in [4.69, 9.17) is 18.7 Å². The highest BCUT2D eigenvalue weighted by Crippen LogP contribution is 2.51. The van der Waals surface area contributed by atoms with Gasteiger partial charge in [-0.3, -0.25) is 4.79 Å². The molecule has 3 aromatic rings. The van der Waals surface area contributed by atoms with Crippen molar-refractivity contribution in [1.29, 1.82) is 0 Å². The lowest BCUT2D eigenvalue weighted by Gasteiger charge is -2.35. The van der Waals surface area contributed by atoms with Crippen LogP contribution in [0.15, 0.2) is 52.2 Å². The quantitative estimate of drug-likeness (QED) is 0.564. The summed E-state index contributed by atoms with van der Waals surface area (Å²) in [4.78, 5) is 13.7. The molecule has 1 aliphatic carbocycles. The molecule has 2 aromatic carbocycles. The number of phenolic OH excluding ortho intramolecular Hbond substituents is 1. The summed E-state index contributed by atoms with van der Waals surface area (Å²) in [5, 5.41) is 17.5. The summed E-state index contributed by atoms with van der Waals surface area (Å²) in [7, 11) is 4.73. The zero-order valence-corrected chi connectivity index (χ0v) is 19.5. The molecule has 2 heterocycles. The van der Waals surface area contributed by atoms with Gasteiger partial charge in [-0.2, -0.15) is 0 Å². The third kappa shape index (κ3) is 3.46. The number of ether oxygens (including phenoxy) is 3. The average Bonchev–Trinajstić information content (AvgIpc) is 3.22. The van der Waals surface area contributed by atoms with Gasteiger partial charge < -0.3 is 29.2 Å². The topological polar surface area (TPSA) is 103 Å². The van der Waals surface area contributed by atoms with E-state index in [1.807, 2.05) is 31.2 Å². The van der Waals surface area contributed by atoms with E-state index < -0.39 is 5.92 Å². The van der Waals surface area contributed by atoms with Crippen molar-refractivity contribution in [3.63, 3.8) is 0 Å². The highest BCUT2D eigenvalue weighted by atomic mass is 16.5. The van der Waals surface area contributed by atoms with Gasteiger partial charge in [-0.1, -0.05) is 11.2 Å². The molecule has 2 N–H and O–H groups in total. The SMILES string of the molecule is COc1ccc(OC)c([C@H]2C3=C(C[C@H](c4ccc(O)c(OC)c4)CC3=O)Nc3onc(C)c32)c1. The number of benzene rings is 2. The Balaban J connectivity index is 1.64. The number of ketones is 1. The standard InChI is InChI=1S/C26H26N2O6/c1-13-23-24(17-12-16(31-2)6-8-21(17)32-3)25-18(27-26(23)34-28-13)9-15(10-20(25)30)14-5-7-19(29)22(11-14)33-4/h5-8,11-12,15,24,27,29H,9-10H2,1-4H3/t15-,24+/m0/s1. The van der Waals surface area contributed by atoms with Gasteiger partial charge in [0.1, 0.15) is 11.5 Å². The monoisotopic (exact) mass is 462 g/mol. The third-order valence-corrected chi connectivity index (χ3v) is 6.68. The Morgan fingerprint density at radius 3 is 2.56 bits per heavy atom. The second-order valence-electron chi connectivity index (χ2n) is 8.53. The normalized spacial score (nSPS) is 19.2. The predicted octanol–water partition coefficient (Wildman–Crippen LogP) is 4.67. The van der Waals surface area contributed by atoms with Crippen molar-refractivity contribution in [3.05, 3.63) is 70.1 Å². The van der Waals surface area contributed by atoms with Crippen molar-refractivity contribution in [3.8, 4) is 23.0 Å². The van der Waals surface area contributed by atoms with E-state index in [0.29, 0.717) is 47.2 Å². The van der Waals surface area contributed by atoms with Crippen molar-refractivity contribution < 1.29 is 28.6 Å². The Bertz CT molecular complexity index is 1310. The third-order valence-electron chi connectivity index (χ3n) is 6.68. The summed E-state index contributed by atoms with van der Waals surface area (Å²) in [5.41, 5.74) is 4.76. The first-order chi connectivity index (χ1) is 16.4. The molecule has 8 heteroatoms. The Morgan fingerprint density at radius 1 is 1.03 bits per heavy atom. The number of hydrogen-bond acceptors (Lipinski definition) is 8. The van der Waals surface area contributed by atoms with Crippen molar-refractivity contribution in [2.24, 2.45) is 0 Å². The number of aromatic nitrogens is 1. The molecule has 1 aromatic heterocycles. The number of nitrogens with one attached hydrogen (secondary N) is 1. The Morgan fingerprint density at radius 2 is 1.82 bits per heavy atom. The molecule has 0 fully saturated rings. The number of nitrogens with zero attached hydrogens (tertiary/aromatic N) is 1. The predicted molar refractivity (Wildman–Crippen MR) is 125 cm³/mol. The first kappa shape index (κ1) is 21.9. The summed E-state index contributed by atoms with van der Waals surface area (Å²) in [6, 6.07) is 10.8. The molecule has 0 bridgehead atoms. The van der Waals surface area contributed by atoms with Gasteiger partial charge in [0.2, 0.25) is 5.88 Å². The maximum Gasteiger partial charge on any atom is 0.233 e. The van der Waals surface area contributed by atoms with Crippen molar-refractivity contribution in [2.75, 3.05) is 26.6 Å². The highest BCUT2D eigenvalue weighted by Gasteiger charge is 2.42. The van der Waals surface area contributed by atoms with Crippen LogP contribution in [0.25, 0.3) is 0 Å². The van der Waals surface area contributed by atoms with E-state index >= 15 is 0 Å². The van der Waals surface area contributed by atoms with E-state index in [1.165, 1.54) is 7.11 Å². The van der Waals surface area contributed by atoms with Gasteiger partial charge in [-0.15, -0.1) is 0 Å². The van der Waals surface area contributed by atoms with Gasteiger partial charge in [-0.25, -0.2) is 0 Å². The molecule has 0 saturated carbocycles. The Kier molecular flexibility index (Phi) is 5.43. The van der Waals surface area contributed by atoms with E-state index in [2.05, 4.69) is 10.5 Å². The summed E-state index contributed by atoms with van der Waals surface area (Å²) in [6.45, 7) is 1.87. The molecule has 0 radical (unpaired) electrons. The van der Waals surface area contributed by atoms with Crippen LogP contribution < -0.4 is 19.5 Å². The zero-order valence-electron chi connectivity index (χ0n) is 19.5. The number of fused-ring (bicyclic) bond motifs is 1. The van der Waals surface area contributed by atoms with Gasteiger partial charge in [0.25, 0.3) is 0 Å². The molecule has 0 amide bonds. The first-order valence-electron chi connectivity index (χ1n) is 11.0. The van der Waals surface area contributed by atoms with Crippen LogP contribution in [-0.2, 0) is 4.79 Å². The van der Waals surface area contributed by atoms with Crippen molar-refractivity contribution in [1.82, 2.24) is 5.16 Å². The number of Topliss-reactive ketones (excluding diaryl/α,β-unsaturated/α-hetero) is 1. The number of carbonyl (C=O) groups excluding carboxylic acids is 1. The highest BCUT2D eigenvalue weighted by molar-refractivity contribution is 6.01. The number of aryl methyl sites for hydroxylation is 1. The molecule has 8 nitrogen and oxygen atoms in total. The zero-order chi connectivity index (χ0) is 24.0. The molecular formula is C26H26N2O6. The summed E-state index contributed by atoms with van der Waals surface area (Å²) >= 11 is 0. The van der Waals surface area contributed by atoms with Crippen LogP contribution in [0.1, 0.15) is 47.1 Å². The number of anilines is 1. The number of carbonyl (C=O) groups is 1. The maximum atomic E-state index is 13.7. The number of aromatic hydroxyl groups is 1. The van der Waals surface area contributed by atoms with Crippen molar-refractivity contribution >= 4 is 11.7 Å². The van der Waals surface area contributed by atoms with Gasteiger partial charge in [0.15, 0.2) is 17.3 Å². The number of hydrogen-bond donors (Lipinski definition) is 2. The van der Waals surface area contributed by atoms with Crippen LogP contribution >= 0.6 is 0 Å². The Labute approximate surface area is 197 Å². The molecule has 5 rings (SSSR count). The van der Waals surface area contributed by atoms with E-state index in [1.54, 1.807) is 26.4 Å². The summed E-state index contributed by atoms with van der Waals surface area (Å²) < 4.78 is 22.0. The van der Waals surface area contributed by atoms with Gasteiger partial charge >= 0.3 is 0 Å². The molecule has 0 saturated heterocycles. The largest absolute Gasteiger partial charge is 0.504 e. The van der Waals surface area contributed by atoms with E-state index in [9.17, 15) is 9.90 Å². The fourth-order valence-electron chi connectivity index (χ4n) is 5.03. The molecule has 0 spiro atoms. The lowest BCUT2D eigenvalue weighted by molar-refractivity contribution is -0.116. The van der Waals surface area contributed by atoms with Crippen LogP contribution in [0.2, 0.25) is 0 Å². The fourth-order valence-corrected chi connectivity index (χ4v) is 5.03. The second kappa shape index (κ2) is 8.44. The fraction of sp³-hybridized carbons (Fsp3) is 0.308. The smallest absolute Gasteiger partial charge is 0.233 e. The average molecular weight is 463 g/mol. The van der Waals surface area contributed by atoms with Gasteiger partial charge in [0.05, 0.1) is 38.5 Å². The summed E-state index contributed by atoms with van der Waals surface area (Å²) in [6.07, 6.45) is 0.924. The molecule has 0 unspecified atom stereocenters. The minimum Gasteiger partial charge on any atom is -0.504 e. The Hall–Kier alpha value is -3.94. The van der Waals surface area contributed by atoms with Crippen LogP contribution in [0.5, 0.6) is 23.0 Å². The van der Waals surface area contributed by atoms with Crippen LogP contribution in [-0.4, -0.2) is 37.4 Å². The lowest BCUT2D eigenvalue weighted by atomic mass is 9.72. The van der Waals surface area contributed by atoms with Gasteiger partial charge in [0, 0.05) is 23.3 Å². The second-order valence-corrected chi connectivity index (χ2v) is 8.53. The minimum absolute atomic E-state index is 0.0342. The minimum atomic E-state index is -0.398. The molecular weight excluding hydrogens is 436 g/mol. The van der Waals surface area contributed by atoms with Crippen molar-refractivity contribution in [2.45, 2.75) is 31.6 Å². The lowest BCUT2D eigenvalue weighted by Crippen LogP contribution is -2.29. The summed E-state index contributed by atoms with van der Waals surface area (Å²) in [5.74, 6) is 1.87. The first-order valence-corrected chi connectivity index (χ1v) is 11.0. The van der Waals surface area contributed by atoms with E-state index in [0.717, 1.165) is 22.4 Å². The molecule has 34 heavy (non-hydrogen) atoms. The number of allylic oxidation sites excluding steroid dienone is 2. The van der Waals surface area contributed by atoms with E-state index in [-0.39, 0.29) is 17.5 Å². The molecule has 176 valence electrons. The van der Waals surface area contributed by atoms with Crippen LogP contribution in [0.3, 0.4) is 0 Å². The molecule has 2 aliphatic rings. The maximum absolute atomic E-state index is 13.7. The molecule has 1 aliphatic heterocycles. The number of methoxy groups -OCH3 is 3. The van der Waals surface area contributed by atoms with Crippen LogP contribution in [0, 0.1) is 6.92 Å². The number of rotatable bonds is 5. The molecule has 2 atom stereocenters. The van der Waals surface area contributed by atoms with Crippen LogP contribution in [0.4, 0.5) is 5.88 Å². The van der Waals surface area contributed by atoms with Gasteiger partial charge in [-0.05, 0) is 55.2 Å².